The molecule has 0 atom stereocenters. The van der Waals surface area contributed by atoms with E-state index >= 15 is 0 Å². The Morgan fingerprint density at radius 2 is 1.83 bits per heavy atom. The first kappa shape index (κ1) is 14.8. The zero-order valence-corrected chi connectivity index (χ0v) is 12.6. The third-order valence-electron chi connectivity index (χ3n) is 3.23. The van der Waals surface area contributed by atoms with Crippen LogP contribution in [-0.4, -0.2) is 18.1 Å². The van der Waals surface area contributed by atoms with Crippen molar-refractivity contribution in [3.05, 3.63) is 72.1 Å². The fourth-order valence-electron chi connectivity index (χ4n) is 2.05. The molecule has 2 aromatic carbocycles. The second-order valence-electron chi connectivity index (χ2n) is 4.81. The molecule has 0 fully saturated rings. The van der Waals surface area contributed by atoms with E-state index in [1.54, 1.807) is 30.5 Å². The highest BCUT2D eigenvalue weighted by atomic mass is 16.5. The van der Waals surface area contributed by atoms with Crippen molar-refractivity contribution in [2.45, 2.75) is 6.61 Å². The van der Waals surface area contributed by atoms with Crippen molar-refractivity contribution in [1.82, 2.24) is 4.98 Å². The molecule has 3 rings (SSSR count). The first-order valence-corrected chi connectivity index (χ1v) is 7.07. The summed E-state index contributed by atoms with van der Waals surface area (Å²) in [5.41, 5.74) is 2.09. The lowest BCUT2D eigenvalue weighted by Gasteiger charge is -2.04. The summed E-state index contributed by atoms with van der Waals surface area (Å²) >= 11 is 0. The van der Waals surface area contributed by atoms with Crippen LogP contribution in [0.3, 0.4) is 0 Å². The van der Waals surface area contributed by atoms with Crippen LogP contribution in [0, 0.1) is 0 Å². The molecule has 0 radical (unpaired) electrons. The molecule has 0 saturated carbocycles. The summed E-state index contributed by atoms with van der Waals surface area (Å²) in [6.45, 7) is 0.286. The Bertz CT molecular complexity index is 778. The van der Waals surface area contributed by atoms with Crippen molar-refractivity contribution in [2.24, 2.45) is 0 Å². The fourth-order valence-corrected chi connectivity index (χ4v) is 2.05. The van der Waals surface area contributed by atoms with Gasteiger partial charge in [-0.05, 0) is 36.4 Å². The number of oxazole rings is 1. The van der Waals surface area contributed by atoms with Crippen molar-refractivity contribution in [2.75, 3.05) is 7.11 Å². The molecule has 1 heterocycles. The van der Waals surface area contributed by atoms with E-state index in [9.17, 15) is 4.79 Å². The molecular formula is C18H15NO4. The molecule has 0 amide bonds. The highest BCUT2D eigenvalue weighted by Crippen LogP contribution is 2.19. The maximum Gasteiger partial charge on any atom is 0.337 e. The van der Waals surface area contributed by atoms with Gasteiger partial charge in [0.1, 0.15) is 24.3 Å². The molecule has 116 valence electrons. The van der Waals surface area contributed by atoms with E-state index < -0.39 is 0 Å². The number of rotatable bonds is 5. The summed E-state index contributed by atoms with van der Waals surface area (Å²) in [5, 5.41) is 0. The number of carbonyl (C=O) groups is 1. The lowest BCUT2D eigenvalue weighted by molar-refractivity contribution is 0.0600. The Balaban J connectivity index is 1.63. The van der Waals surface area contributed by atoms with E-state index in [2.05, 4.69) is 9.72 Å². The number of nitrogens with zero attached hydrogens (tertiary/aromatic N) is 1. The highest BCUT2D eigenvalue weighted by molar-refractivity contribution is 5.89. The Labute approximate surface area is 133 Å². The molecule has 5 nitrogen and oxygen atoms in total. The Morgan fingerprint density at radius 3 is 2.52 bits per heavy atom. The van der Waals surface area contributed by atoms with Crippen molar-refractivity contribution in [3.63, 3.8) is 0 Å². The Kier molecular flexibility index (Phi) is 4.38. The zero-order chi connectivity index (χ0) is 16.1. The second kappa shape index (κ2) is 6.79. The Morgan fingerprint density at radius 1 is 1.09 bits per heavy atom. The molecule has 0 saturated heterocycles. The highest BCUT2D eigenvalue weighted by Gasteiger charge is 2.08. The molecular weight excluding hydrogens is 294 g/mol. The number of aromatic nitrogens is 1. The summed E-state index contributed by atoms with van der Waals surface area (Å²) in [7, 11) is 1.35. The number of hydrogen-bond acceptors (Lipinski definition) is 5. The second-order valence-corrected chi connectivity index (χ2v) is 4.81. The smallest absolute Gasteiger partial charge is 0.337 e. The van der Waals surface area contributed by atoms with Gasteiger partial charge in [0, 0.05) is 5.56 Å². The van der Waals surface area contributed by atoms with E-state index in [0.717, 1.165) is 5.56 Å². The molecule has 0 aliphatic heterocycles. The number of ether oxygens (including phenoxy) is 2. The van der Waals surface area contributed by atoms with Crippen molar-refractivity contribution >= 4 is 5.97 Å². The zero-order valence-electron chi connectivity index (χ0n) is 12.6. The van der Waals surface area contributed by atoms with Crippen molar-refractivity contribution in [3.8, 4) is 17.2 Å². The summed E-state index contributed by atoms with van der Waals surface area (Å²) in [6, 6.07) is 16.4. The molecule has 0 unspecified atom stereocenters. The van der Waals surface area contributed by atoms with Gasteiger partial charge in [-0.2, -0.15) is 0 Å². The number of esters is 1. The minimum absolute atomic E-state index is 0.286. The predicted molar refractivity (Wildman–Crippen MR) is 84.1 cm³/mol. The number of carbonyl (C=O) groups excluding carboxylic acids is 1. The van der Waals surface area contributed by atoms with Crippen LogP contribution in [0.2, 0.25) is 0 Å². The van der Waals surface area contributed by atoms with Crippen LogP contribution in [-0.2, 0) is 11.3 Å². The van der Waals surface area contributed by atoms with E-state index in [4.69, 9.17) is 9.15 Å². The summed E-state index contributed by atoms with van der Waals surface area (Å²) in [5.74, 6) is 0.827. The first-order chi connectivity index (χ1) is 11.3. The number of hydrogen-bond donors (Lipinski definition) is 0. The van der Waals surface area contributed by atoms with E-state index in [1.165, 1.54) is 7.11 Å². The third-order valence-corrected chi connectivity index (χ3v) is 3.23. The SMILES string of the molecule is COC(=O)c1ccc(OCc2coc(-c3ccccc3)n2)cc1. The van der Waals surface area contributed by atoms with Crippen LogP contribution in [0.15, 0.2) is 65.3 Å². The van der Waals surface area contributed by atoms with Gasteiger partial charge in [0.25, 0.3) is 0 Å². The van der Waals surface area contributed by atoms with Gasteiger partial charge in [-0.15, -0.1) is 0 Å². The summed E-state index contributed by atoms with van der Waals surface area (Å²) in [6.07, 6.45) is 1.57. The normalized spacial score (nSPS) is 10.3. The van der Waals surface area contributed by atoms with Gasteiger partial charge in [0.15, 0.2) is 0 Å². The molecule has 0 spiro atoms. The van der Waals surface area contributed by atoms with Crippen LogP contribution < -0.4 is 4.74 Å². The lowest BCUT2D eigenvalue weighted by Crippen LogP contribution is -2.01. The quantitative estimate of drug-likeness (QED) is 0.672. The molecule has 0 aliphatic rings. The first-order valence-electron chi connectivity index (χ1n) is 7.07. The molecule has 5 heteroatoms. The standard InChI is InChI=1S/C18H15NO4/c1-21-18(20)14-7-9-16(10-8-14)22-11-15-12-23-17(19-15)13-5-3-2-4-6-13/h2-10,12H,11H2,1H3. The fraction of sp³-hybridized carbons (Fsp3) is 0.111. The summed E-state index contributed by atoms with van der Waals surface area (Å²) in [4.78, 5) is 15.7. The van der Waals surface area contributed by atoms with Crippen molar-refractivity contribution in [1.29, 1.82) is 0 Å². The van der Waals surface area contributed by atoms with Crippen LogP contribution in [0.4, 0.5) is 0 Å². The molecule has 0 bridgehead atoms. The molecule has 23 heavy (non-hydrogen) atoms. The van der Waals surface area contributed by atoms with Gasteiger partial charge < -0.3 is 13.9 Å². The van der Waals surface area contributed by atoms with Gasteiger partial charge in [0.2, 0.25) is 5.89 Å². The van der Waals surface area contributed by atoms with E-state index in [-0.39, 0.29) is 12.6 Å². The van der Waals surface area contributed by atoms with Crippen molar-refractivity contribution < 1.29 is 18.7 Å². The van der Waals surface area contributed by atoms with Crippen LogP contribution >= 0.6 is 0 Å². The van der Waals surface area contributed by atoms with E-state index in [0.29, 0.717) is 22.9 Å². The van der Waals surface area contributed by atoms with Gasteiger partial charge in [-0.3, -0.25) is 0 Å². The summed E-state index contributed by atoms with van der Waals surface area (Å²) < 4.78 is 15.7. The minimum atomic E-state index is -0.374. The van der Waals surface area contributed by atoms with Crippen LogP contribution in [0.25, 0.3) is 11.5 Å². The molecule has 1 aromatic heterocycles. The van der Waals surface area contributed by atoms with Gasteiger partial charge in [-0.1, -0.05) is 18.2 Å². The minimum Gasteiger partial charge on any atom is -0.487 e. The Hall–Kier alpha value is -3.08. The van der Waals surface area contributed by atoms with Gasteiger partial charge in [-0.25, -0.2) is 9.78 Å². The third kappa shape index (κ3) is 3.58. The molecule has 0 N–H and O–H groups in total. The average Bonchev–Trinajstić information content (AvgIpc) is 3.09. The van der Waals surface area contributed by atoms with Gasteiger partial charge >= 0.3 is 5.97 Å². The number of benzene rings is 2. The largest absolute Gasteiger partial charge is 0.487 e. The molecule has 3 aromatic rings. The van der Waals surface area contributed by atoms with Gasteiger partial charge in [0.05, 0.1) is 12.7 Å². The van der Waals surface area contributed by atoms with E-state index in [1.807, 2.05) is 30.3 Å². The predicted octanol–water partition coefficient (Wildman–Crippen LogP) is 3.71. The monoisotopic (exact) mass is 309 g/mol. The lowest BCUT2D eigenvalue weighted by atomic mass is 10.2. The average molecular weight is 309 g/mol. The topological polar surface area (TPSA) is 61.6 Å². The molecule has 0 aliphatic carbocycles. The van der Waals surface area contributed by atoms with Crippen LogP contribution in [0.5, 0.6) is 5.75 Å². The van der Waals surface area contributed by atoms with Crippen LogP contribution in [0.1, 0.15) is 16.1 Å². The maximum atomic E-state index is 11.4. The maximum absolute atomic E-state index is 11.4. The number of methoxy groups -OCH3 is 1.